The Morgan fingerprint density at radius 3 is 2.57 bits per heavy atom. The van der Waals surface area contributed by atoms with Crippen molar-refractivity contribution in [2.75, 3.05) is 11.1 Å². The zero-order chi connectivity index (χ0) is 25.8. The number of hydrogen-bond donors (Lipinski definition) is 1. The van der Waals surface area contributed by atoms with E-state index in [-0.39, 0.29) is 11.7 Å². The maximum atomic E-state index is 12.8. The molecule has 0 unspecified atom stereocenters. The summed E-state index contributed by atoms with van der Waals surface area (Å²) < 4.78 is 1.98. The lowest BCUT2D eigenvalue weighted by atomic mass is 10.1. The van der Waals surface area contributed by atoms with Gasteiger partial charge in [-0.25, -0.2) is 4.98 Å². The molecule has 0 saturated heterocycles. The van der Waals surface area contributed by atoms with Crippen LogP contribution in [-0.4, -0.2) is 31.4 Å². The van der Waals surface area contributed by atoms with Crippen LogP contribution in [-0.2, 0) is 11.2 Å². The number of nitrogens with one attached hydrogen (secondary N) is 1. The van der Waals surface area contributed by atoms with E-state index in [0.717, 1.165) is 33.1 Å². The monoisotopic (exact) mass is 565 g/mol. The fraction of sp³-hybridized carbons (Fsp3) is 0.111. The molecule has 0 fully saturated rings. The molecular formula is C27H21Cl2N5OS2. The molecule has 1 amide bonds. The number of thioether (sulfide) groups is 1. The molecule has 0 bridgehead atoms. The van der Waals surface area contributed by atoms with Gasteiger partial charge in [0.2, 0.25) is 5.91 Å². The van der Waals surface area contributed by atoms with Gasteiger partial charge >= 0.3 is 0 Å². The summed E-state index contributed by atoms with van der Waals surface area (Å²) in [5.74, 6) is 0.705. The minimum Gasteiger partial charge on any atom is -0.301 e. The molecule has 10 heteroatoms. The number of rotatable bonds is 8. The van der Waals surface area contributed by atoms with Gasteiger partial charge in [-0.1, -0.05) is 95.1 Å². The van der Waals surface area contributed by atoms with Crippen molar-refractivity contribution in [1.82, 2.24) is 19.7 Å². The molecular weight excluding hydrogens is 545 g/mol. The van der Waals surface area contributed by atoms with E-state index in [9.17, 15) is 4.79 Å². The number of halogens is 2. The standard InChI is InChI=1S/C27H21Cl2N5OS2/c1-17-10-12-20(13-11-17)34-25(18-6-3-2-4-7-18)32-33-27(34)36-16-23(35)31-26-30-15-21(37-26)14-19-8-5-9-22(28)24(19)29/h2-13,15H,14,16H2,1H3,(H,30,31,35). The number of anilines is 1. The molecule has 0 atom stereocenters. The van der Waals surface area contributed by atoms with E-state index in [0.29, 0.717) is 26.8 Å². The highest BCUT2D eigenvalue weighted by atomic mass is 35.5. The minimum atomic E-state index is -0.175. The van der Waals surface area contributed by atoms with Crippen LogP contribution in [0.4, 0.5) is 5.13 Å². The average molecular weight is 567 g/mol. The Balaban J connectivity index is 1.29. The van der Waals surface area contributed by atoms with E-state index < -0.39 is 0 Å². The van der Waals surface area contributed by atoms with Gasteiger partial charge in [0.05, 0.1) is 15.8 Å². The van der Waals surface area contributed by atoms with Gasteiger partial charge in [0.15, 0.2) is 16.1 Å². The van der Waals surface area contributed by atoms with Gasteiger partial charge in [-0.2, -0.15) is 0 Å². The fourth-order valence-corrected chi connectivity index (χ4v) is 5.66. The van der Waals surface area contributed by atoms with Crippen LogP contribution in [0.3, 0.4) is 0 Å². The average Bonchev–Trinajstić information content (AvgIpc) is 3.53. The molecule has 0 saturated carbocycles. The van der Waals surface area contributed by atoms with Crippen LogP contribution in [0.15, 0.2) is 84.1 Å². The second-order valence-electron chi connectivity index (χ2n) is 8.20. The Kier molecular flexibility index (Phi) is 7.90. The molecule has 6 nitrogen and oxygen atoms in total. The molecule has 3 aromatic carbocycles. The lowest BCUT2D eigenvalue weighted by Gasteiger charge is -2.10. The zero-order valence-electron chi connectivity index (χ0n) is 19.7. The van der Waals surface area contributed by atoms with Crippen LogP contribution >= 0.6 is 46.3 Å². The molecule has 0 aliphatic heterocycles. The van der Waals surface area contributed by atoms with Crippen molar-refractivity contribution in [1.29, 1.82) is 0 Å². The van der Waals surface area contributed by atoms with Crippen LogP contribution in [0, 0.1) is 6.92 Å². The number of thiazole rings is 1. The number of carbonyl (C=O) groups excluding carboxylic acids is 1. The number of benzene rings is 3. The summed E-state index contributed by atoms with van der Waals surface area (Å²) in [5, 5.41) is 13.9. The maximum absolute atomic E-state index is 12.8. The molecule has 5 aromatic rings. The third-order valence-corrected chi connectivity index (χ3v) is 8.19. The summed E-state index contributed by atoms with van der Waals surface area (Å²) in [6, 6.07) is 23.6. The largest absolute Gasteiger partial charge is 0.301 e. The molecule has 0 spiro atoms. The highest BCUT2D eigenvalue weighted by molar-refractivity contribution is 7.99. The van der Waals surface area contributed by atoms with Gasteiger partial charge in [-0.15, -0.1) is 21.5 Å². The van der Waals surface area contributed by atoms with Crippen molar-refractivity contribution in [2.45, 2.75) is 18.5 Å². The third-order valence-electron chi connectivity index (χ3n) is 5.49. The molecule has 0 aliphatic rings. The molecule has 5 rings (SSSR count). The first kappa shape index (κ1) is 25.5. The maximum Gasteiger partial charge on any atom is 0.236 e. The number of aryl methyl sites for hydroxylation is 1. The Morgan fingerprint density at radius 1 is 1.00 bits per heavy atom. The Bertz CT molecular complexity index is 1530. The van der Waals surface area contributed by atoms with Crippen molar-refractivity contribution < 1.29 is 4.79 Å². The van der Waals surface area contributed by atoms with Gasteiger partial charge in [0.25, 0.3) is 0 Å². The molecule has 1 N–H and O–H groups in total. The summed E-state index contributed by atoms with van der Waals surface area (Å²) >= 11 is 15.2. The van der Waals surface area contributed by atoms with Crippen molar-refractivity contribution in [3.05, 3.63) is 105 Å². The van der Waals surface area contributed by atoms with Crippen molar-refractivity contribution in [3.63, 3.8) is 0 Å². The summed E-state index contributed by atoms with van der Waals surface area (Å²) in [4.78, 5) is 18.1. The summed E-state index contributed by atoms with van der Waals surface area (Å²) in [7, 11) is 0. The minimum absolute atomic E-state index is 0.161. The lowest BCUT2D eigenvalue weighted by Crippen LogP contribution is -2.14. The predicted molar refractivity (Wildman–Crippen MR) is 152 cm³/mol. The lowest BCUT2D eigenvalue weighted by molar-refractivity contribution is -0.113. The Morgan fingerprint density at radius 2 is 1.78 bits per heavy atom. The third kappa shape index (κ3) is 6.05. The fourth-order valence-electron chi connectivity index (χ4n) is 3.67. The molecule has 186 valence electrons. The first-order chi connectivity index (χ1) is 18.0. The van der Waals surface area contributed by atoms with E-state index in [2.05, 4.69) is 20.5 Å². The number of aromatic nitrogens is 4. The van der Waals surface area contributed by atoms with Crippen LogP contribution in [0.5, 0.6) is 0 Å². The second-order valence-corrected chi connectivity index (χ2v) is 11.0. The number of amides is 1. The molecule has 0 radical (unpaired) electrons. The molecule has 37 heavy (non-hydrogen) atoms. The van der Waals surface area contributed by atoms with E-state index in [1.807, 2.05) is 78.2 Å². The summed E-state index contributed by atoms with van der Waals surface area (Å²) in [5.41, 5.74) is 3.95. The first-order valence-electron chi connectivity index (χ1n) is 11.4. The molecule has 2 aromatic heterocycles. The van der Waals surface area contributed by atoms with E-state index in [4.69, 9.17) is 23.2 Å². The van der Waals surface area contributed by atoms with Gasteiger partial charge in [0.1, 0.15) is 0 Å². The van der Waals surface area contributed by atoms with Crippen molar-refractivity contribution in [2.24, 2.45) is 0 Å². The van der Waals surface area contributed by atoms with Crippen molar-refractivity contribution >= 4 is 57.3 Å². The van der Waals surface area contributed by atoms with Crippen LogP contribution in [0.1, 0.15) is 16.0 Å². The highest BCUT2D eigenvalue weighted by Gasteiger charge is 2.18. The highest BCUT2D eigenvalue weighted by Crippen LogP contribution is 2.31. The zero-order valence-corrected chi connectivity index (χ0v) is 22.8. The van der Waals surface area contributed by atoms with E-state index >= 15 is 0 Å². The Labute approximate surface area is 232 Å². The Hall–Kier alpha value is -3.17. The van der Waals surface area contributed by atoms with Crippen LogP contribution in [0.25, 0.3) is 17.1 Å². The smallest absolute Gasteiger partial charge is 0.236 e. The SMILES string of the molecule is Cc1ccc(-n2c(SCC(=O)Nc3ncc(Cc4cccc(Cl)c4Cl)s3)nnc2-c2ccccc2)cc1. The quantitative estimate of drug-likeness (QED) is 0.199. The number of hydrogen-bond acceptors (Lipinski definition) is 6. The predicted octanol–water partition coefficient (Wildman–Crippen LogP) is 7.33. The van der Waals surface area contributed by atoms with Crippen molar-refractivity contribution in [3.8, 4) is 17.1 Å². The van der Waals surface area contributed by atoms with Crippen LogP contribution < -0.4 is 5.32 Å². The van der Waals surface area contributed by atoms with Gasteiger partial charge in [0, 0.05) is 28.7 Å². The van der Waals surface area contributed by atoms with Gasteiger partial charge in [-0.3, -0.25) is 9.36 Å². The summed E-state index contributed by atoms with van der Waals surface area (Å²) in [6.45, 7) is 2.04. The second kappa shape index (κ2) is 11.5. The summed E-state index contributed by atoms with van der Waals surface area (Å²) in [6.07, 6.45) is 2.33. The van der Waals surface area contributed by atoms with Gasteiger partial charge in [-0.05, 0) is 30.7 Å². The number of carbonyl (C=O) groups is 1. The van der Waals surface area contributed by atoms with Gasteiger partial charge < -0.3 is 5.32 Å². The topological polar surface area (TPSA) is 72.7 Å². The molecule has 2 heterocycles. The first-order valence-corrected chi connectivity index (χ1v) is 13.9. The van der Waals surface area contributed by atoms with E-state index in [1.54, 1.807) is 12.3 Å². The van der Waals surface area contributed by atoms with Crippen LogP contribution in [0.2, 0.25) is 10.0 Å². The molecule has 0 aliphatic carbocycles. The normalized spacial score (nSPS) is 11.0. The number of nitrogens with zero attached hydrogens (tertiary/aromatic N) is 4. The van der Waals surface area contributed by atoms with E-state index in [1.165, 1.54) is 23.1 Å².